The number of ether oxygens (including phenoxy) is 2. The molecular weight excluding hydrogens is 236 g/mol. The summed E-state index contributed by atoms with van der Waals surface area (Å²) < 4.78 is 11.0. The molecule has 1 aromatic carbocycles. The summed E-state index contributed by atoms with van der Waals surface area (Å²) in [6.45, 7) is 0.974. The molecule has 0 amide bonds. The third kappa shape index (κ3) is 2.53. The van der Waals surface area contributed by atoms with Gasteiger partial charge in [0.25, 0.3) is 5.69 Å². The lowest BCUT2D eigenvalue weighted by molar-refractivity contribution is -0.385. The number of non-ortho nitro benzene ring substituents is 1. The molecule has 6 nitrogen and oxygen atoms in total. The molecule has 98 valence electrons. The van der Waals surface area contributed by atoms with Gasteiger partial charge in [-0.15, -0.1) is 0 Å². The monoisotopic (exact) mass is 252 g/mol. The molecule has 0 N–H and O–H groups in total. The summed E-state index contributed by atoms with van der Waals surface area (Å²) in [6, 6.07) is 4.37. The van der Waals surface area contributed by atoms with Crippen LogP contribution in [0.25, 0.3) is 0 Å². The van der Waals surface area contributed by atoms with Crippen molar-refractivity contribution < 1.29 is 14.4 Å². The number of rotatable bonds is 4. The number of hydrogen-bond acceptors (Lipinski definition) is 5. The van der Waals surface area contributed by atoms with Gasteiger partial charge < -0.3 is 9.47 Å². The molecule has 1 saturated heterocycles. The van der Waals surface area contributed by atoms with Gasteiger partial charge in [-0.05, 0) is 26.0 Å². The van der Waals surface area contributed by atoms with Crippen LogP contribution in [-0.2, 0) is 0 Å². The fourth-order valence-corrected chi connectivity index (χ4v) is 2.05. The maximum absolute atomic E-state index is 10.8. The van der Waals surface area contributed by atoms with Gasteiger partial charge in [0, 0.05) is 12.6 Å². The van der Waals surface area contributed by atoms with Gasteiger partial charge in [0.2, 0.25) is 0 Å². The number of benzene rings is 1. The number of nitro benzene ring substituents is 1. The lowest BCUT2D eigenvalue weighted by Gasteiger charge is -2.21. The molecular formula is C12H16N2O4. The van der Waals surface area contributed by atoms with Gasteiger partial charge in [-0.1, -0.05) is 0 Å². The molecule has 0 bridgehead atoms. The topological polar surface area (TPSA) is 64.8 Å². The zero-order chi connectivity index (χ0) is 13.1. The molecule has 0 aromatic heterocycles. The minimum atomic E-state index is -0.440. The van der Waals surface area contributed by atoms with E-state index in [1.165, 1.54) is 19.2 Å². The minimum Gasteiger partial charge on any atom is -0.493 e. The first-order valence-electron chi connectivity index (χ1n) is 5.81. The van der Waals surface area contributed by atoms with Gasteiger partial charge in [-0.3, -0.25) is 15.0 Å². The van der Waals surface area contributed by atoms with Crippen LogP contribution in [0.5, 0.6) is 11.5 Å². The predicted molar refractivity (Wildman–Crippen MR) is 65.9 cm³/mol. The summed E-state index contributed by atoms with van der Waals surface area (Å²) in [5.74, 6) is 0.936. The molecule has 2 rings (SSSR count). The molecule has 0 radical (unpaired) electrons. The summed E-state index contributed by atoms with van der Waals surface area (Å²) in [5, 5.41) is 10.8. The molecule has 1 aliphatic rings. The molecule has 1 fully saturated rings. The molecule has 6 heteroatoms. The molecule has 0 unspecified atom stereocenters. The second-order valence-corrected chi connectivity index (χ2v) is 4.29. The van der Waals surface area contributed by atoms with Crippen LogP contribution in [-0.4, -0.2) is 36.8 Å². The Bertz CT molecular complexity index is 450. The van der Waals surface area contributed by atoms with Crippen molar-refractivity contribution in [3.8, 4) is 11.5 Å². The molecule has 0 saturated carbocycles. The second-order valence-electron chi connectivity index (χ2n) is 4.29. The van der Waals surface area contributed by atoms with Crippen LogP contribution < -0.4 is 9.47 Å². The van der Waals surface area contributed by atoms with E-state index in [0.29, 0.717) is 11.5 Å². The Hall–Kier alpha value is -1.82. The van der Waals surface area contributed by atoms with E-state index in [9.17, 15) is 10.1 Å². The largest absolute Gasteiger partial charge is 0.493 e. The van der Waals surface area contributed by atoms with Crippen LogP contribution in [0.4, 0.5) is 5.69 Å². The Balaban J connectivity index is 2.23. The van der Waals surface area contributed by atoms with Gasteiger partial charge >= 0.3 is 0 Å². The molecule has 0 spiro atoms. The van der Waals surface area contributed by atoms with E-state index >= 15 is 0 Å². The summed E-state index contributed by atoms with van der Waals surface area (Å²) >= 11 is 0. The lowest BCUT2D eigenvalue weighted by Crippen LogP contribution is -2.30. The van der Waals surface area contributed by atoms with E-state index in [2.05, 4.69) is 4.90 Å². The Labute approximate surface area is 105 Å². The van der Waals surface area contributed by atoms with E-state index in [0.717, 1.165) is 19.4 Å². The Morgan fingerprint density at radius 1 is 1.44 bits per heavy atom. The highest BCUT2D eigenvalue weighted by Crippen LogP contribution is 2.33. The number of nitrogens with zero attached hydrogens (tertiary/aromatic N) is 2. The Morgan fingerprint density at radius 3 is 2.78 bits per heavy atom. The number of hydrogen-bond donors (Lipinski definition) is 0. The maximum atomic E-state index is 10.8. The molecule has 1 aromatic rings. The van der Waals surface area contributed by atoms with E-state index < -0.39 is 4.92 Å². The zero-order valence-electron chi connectivity index (χ0n) is 10.5. The van der Waals surface area contributed by atoms with E-state index in [4.69, 9.17) is 9.47 Å². The highest BCUT2D eigenvalue weighted by atomic mass is 16.6. The average molecular weight is 252 g/mol. The van der Waals surface area contributed by atoms with Crippen LogP contribution in [0.1, 0.15) is 12.8 Å². The van der Waals surface area contributed by atoms with Crippen LogP contribution in [0.2, 0.25) is 0 Å². The standard InChI is InChI=1S/C12H16N2O4/c1-13-7-3-4-12(13)18-11-8-9(14(15)16)5-6-10(11)17-2/h5-6,8,12H,3-4,7H2,1-2H3/t12-/m0/s1. The highest BCUT2D eigenvalue weighted by molar-refractivity contribution is 5.48. The number of likely N-dealkylation sites (tertiary alicyclic amines) is 1. The fourth-order valence-electron chi connectivity index (χ4n) is 2.05. The van der Waals surface area contributed by atoms with E-state index in [-0.39, 0.29) is 11.9 Å². The highest BCUT2D eigenvalue weighted by Gasteiger charge is 2.24. The van der Waals surface area contributed by atoms with Crippen LogP contribution in [0.3, 0.4) is 0 Å². The van der Waals surface area contributed by atoms with Gasteiger partial charge in [0.15, 0.2) is 17.7 Å². The van der Waals surface area contributed by atoms with Gasteiger partial charge in [-0.2, -0.15) is 0 Å². The second kappa shape index (κ2) is 5.22. The van der Waals surface area contributed by atoms with Crippen molar-refractivity contribution in [3.05, 3.63) is 28.3 Å². The molecule has 1 heterocycles. The Kier molecular flexibility index (Phi) is 3.66. The van der Waals surface area contributed by atoms with Crippen molar-refractivity contribution in [2.24, 2.45) is 0 Å². The smallest absolute Gasteiger partial charge is 0.273 e. The quantitative estimate of drug-likeness (QED) is 0.606. The van der Waals surface area contributed by atoms with Crippen molar-refractivity contribution >= 4 is 5.69 Å². The van der Waals surface area contributed by atoms with Crippen molar-refractivity contribution in [1.82, 2.24) is 4.90 Å². The first-order chi connectivity index (χ1) is 8.61. The van der Waals surface area contributed by atoms with Crippen LogP contribution in [0, 0.1) is 10.1 Å². The summed E-state index contributed by atoms with van der Waals surface area (Å²) in [7, 11) is 3.49. The van der Waals surface area contributed by atoms with E-state index in [1.807, 2.05) is 7.05 Å². The Morgan fingerprint density at radius 2 is 2.22 bits per heavy atom. The van der Waals surface area contributed by atoms with E-state index in [1.54, 1.807) is 6.07 Å². The number of nitro groups is 1. The molecule has 18 heavy (non-hydrogen) atoms. The van der Waals surface area contributed by atoms with Gasteiger partial charge in [-0.25, -0.2) is 0 Å². The normalized spacial score (nSPS) is 19.8. The first-order valence-corrected chi connectivity index (χ1v) is 5.81. The minimum absolute atomic E-state index is 0.00597. The summed E-state index contributed by atoms with van der Waals surface area (Å²) in [6.07, 6.45) is 1.95. The van der Waals surface area contributed by atoms with Crippen LogP contribution in [0.15, 0.2) is 18.2 Å². The third-order valence-electron chi connectivity index (χ3n) is 3.07. The van der Waals surface area contributed by atoms with Gasteiger partial charge in [0.05, 0.1) is 18.1 Å². The first kappa shape index (κ1) is 12.6. The van der Waals surface area contributed by atoms with Crippen molar-refractivity contribution in [2.75, 3.05) is 20.7 Å². The number of methoxy groups -OCH3 is 1. The molecule has 1 aliphatic heterocycles. The molecule has 0 aliphatic carbocycles. The van der Waals surface area contributed by atoms with Crippen LogP contribution >= 0.6 is 0 Å². The third-order valence-corrected chi connectivity index (χ3v) is 3.07. The van der Waals surface area contributed by atoms with Gasteiger partial charge in [0.1, 0.15) is 0 Å². The summed E-state index contributed by atoms with van der Waals surface area (Å²) in [4.78, 5) is 12.4. The fraction of sp³-hybridized carbons (Fsp3) is 0.500. The molecule has 1 atom stereocenters. The predicted octanol–water partition coefficient (Wildman–Crippen LogP) is 2.03. The summed E-state index contributed by atoms with van der Waals surface area (Å²) in [5.41, 5.74) is 0.00597. The zero-order valence-corrected chi connectivity index (χ0v) is 10.5. The van der Waals surface area contributed by atoms with Crippen molar-refractivity contribution in [2.45, 2.75) is 19.1 Å². The van der Waals surface area contributed by atoms with Crippen molar-refractivity contribution in [3.63, 3.8) is 0 Å². The van der Waals surface area contributed by atoms with Crippen molar-refractivity contribution in [1.29, 1.82) is 0 Å². The SMILES string of the molecule is COc1ccc([N+](=O)[O-])cc1O[C@H]1CCCN1C. The maximum Gasteiger partial charge on any atom is 0.273 e. The lowest BCUT2D eigenvalue weighted by atomic mass is 10.2. The average Bonchev–Trinajstić information content (AvgIpc) is 2.75.